The Balaban J connectivity index is 0.00000112. The van der Waals surface area contributed by atoms with Gasteiger partial charge in [0.25, 0.3) is 6.01 Å². The van der Waals surface area contributed by atoms with E-state index >= 15 is 0 Å². The second kappa shape index (κ2) is 9.29. The Bertz CT molecular complexity index is 1060. The summed E-state index contributed by atoms with van der Waals surface area (Å²) in [6.45, 7) is 5.02. The van der Waals surface area contributed by atoms with Crippen molar-refractivity contribution < 1.29 is 19.3 Å². The molecule has 0 aliphatic carbocycles. The molecule has 0 aromatic carbocycles. The van der Waals surface area contributed by atoms with Crippen LogP contribution in [0.5, 0.6) is 6.01 Å². The number of anilines is 1. The number of nitrogens with zero attached hydrogens (tertiary/aromatic N) is 4. The number of aromatic amines is 1. The van der Waals surface area contributed by atoms with Crippen LogP contribution in [0.4, 0.5) is 5.82 Å². The van der Waals surface area contributed by atoms with Crippen LogP contribution in [-0.2, 0) is 23.1 Å². The zero-order valence-corrected chi connectivity index (χ0v) is 19.6. The molecule has 0 amide bonds. The van der Waals surface area contributed by atoms with Crippen LogP contribution in [0.15, 0.2) is 16.7 Å². The maximum atomic E-state index is 9.84. The summed E-state index contributed by atoms with van der Waals surface area (Å²) < 4.78 is 19.7. The second-order valence-corrected chi connectivity index (χ2v) is 8.26. The predicted octanol–water partition coefficient (Wildman–Crippen LogP) is 2.65. The van der Waals surface area contributed by atoms with E-state index in [0.29, 0.717) is 41.2 Å². The fourth-order valence-corrected chi connectivity index (χ4v) is 4.29. The van der Waals surface area contributed by atoms with Gasteiger partial charge in [-0.05, 0) is 22.0 Å². The van der Waals surface area contributed by atoms with Crippen molar-refractivity contribution in [2.75, 3.05) is 18.5 Å². The van der Waals surface area contributed by atoms with E-state index in [4.69, 9.17) is 25.8 Å². The van der Waals surface area contributed by atoms with E-state index in [9.17, 15) is 5.11 Å². The van der Waals surface area contributed by atoms with Crippen molar-refractivity contribution in [1.82, 2.24) is 24.7 Å². The monoisotopic (exact) mass is 514 g/mol. The normalized spacial score (nSPS) is 24.7. The van der Waals surface area contributed by atoms with Gasteiger partial charge in [-0.25, -0.2) is 4.98 Å². The van der Waals surface area contributed by atoms with Gasteiger partial charge in [0.1, 0.15) is 24.1 Å². The Morgan fingerprint density at radius 1 is 1.32 bits per heavy atom. The van der Waals surface area contributed by atoms with E-state index in [1.165, 1.54) is 0 Å². The van der Waals surface area contributed by atoms with Gasteiger partial charge >= 0.3 is 0 Å². The highest BCUT2D eigenvalue weighted by Crippen LogP contribution is 2.31. The zero-order valence-electron chi connectivity index (χ0n) is 17.3. The average Bonchev–Trinajstić information content (AvgIpc) is 3.49. The molecular formula is C19H24BrClN6O4. The van der Waals surface area contributed by atoms with Gasteiger partial charge in [0, 0.05) is 13.2 Å². The van der Waals surface area contributed by atoms with E-state index in [0.717, 1.165) is 10.2 Å². The molecule has 4 atom stereocenters. The van der Waals surface area contributed by atoms with Gasteiger partial charge in [-0.1, -0.05) is 25.4 Å². The molecule has 0 unspecified atom stereocenters. The van der Waals surface area contributed by atoms with Crippen molar-refractivity contribution in [1.29, 1.82) is 0 Å². The number of fused-ring (bicyclic) bond motifs is 2. The topological polar surface area (TPSA) is 119 Å². The highest BCUT2D eigenvalue weighted by molar-refractivity contribution is 9.10. The van der Waals surface area contributed by atoms with Gasteiger partial charge < -0.3 is 29.6 Å². The number of ether oxygens (including phenoxy) is 3. The molecule has 2 aliphatic rings. The Morgan fingerprint density at radius 2 is 2.10 bits per heavy atom. The fourth-order valence-electron chi connectivity index (χ4n) is 3.56. The minimum Gasteiger partial charge on any atom is -0.456 e. The summed E-state index contributed by atoms with van der Waals surface area (Å²) in [4.78, 5) is 11.9. The van der Waals surface area contributed by atoms with Crippen LogP contribution < -0.4 is 10.1 Å². The maximum absolute atomic E-state index is 9.84. The number of nitrogens with one attached hydrogen (secondary N) is 2. The van der Waals surface area contributed by atoms with Crippen molar-refractivity contribution in [3.8, 4) is 6.01 Å². The van der Waals surface area contributed by atoms with Crippen LogP contribution in [0.25, 0.3) is 11.2 Å². The summed E-state index contributed by atoms with van der Waals surface area (Å²) in [6, 6.07) is 2.04. The van der Waals surface area contributed by atoms with Crippen LogP contribution >= 0.6 is 27.5 Å². The number of imidazole rings is 1. The first kappa shape index (κ1) is 22.3. The first-order valence-electron chi connectivity index (χ1n) is 10.0. The quantitative estimate of drug-likeness (QED) is 0.474. The predicted molar refractivity (Wildman–Crippen MR) is 118 cm³/mol. The number of aliphatic hydroxyl groups excluding tert-OH is 1. The highest BCUT2D eigenvalue weighted by atomic mass is 79.9. The first-order valence-corrected chi connectivity index (χ1v) is 11.2. The van der Waals surface area contributed by atoms with E-state index in [-0.39, 0.29) is 24.9 Å². The van der Waals surface area contributed by atoms with Crippen molar-refractivity contribution in [3.05, 3.63) is 27.5 Å². The molecule has 12 heteroatoms. The zero-order chi connectivity index (χ0) is 22.1. The van der Waals surface area contributed by atoms with Crippen molar-refractivity contribution in [2.45, 2.75) is 44.8 Å². The number of aromatic nitrogens is 5. The van der Waals surface area contributed by atoms with Crippen molar-refractivity contribution in [3.63, 3.8) is 0 Å². The Morgan fingerprint density at radius 3 is 2.84 bits per heavy atom. The molecule has 10 nitrogen and oxygen atoms in total. The van der Waals surface area contributed by atoms with Gasteiger partial charge in [-0.15, -0.1) is 0 Å². The highest BCUT2D eigenvalue weighted by Gasteiger charge is 2.48. The number of halogens is 2. The van der Waals surface area contributed by atoms with Crippen molar-refractivity contribution >= 4 is 44.5 Å². The summed E-state index contributed by atoms with van der Waals surface area (Å²) in [5.41, 5.74) is 1.96. The van der Waals surface area contributed by atoms with Gasteiger partial charge in [0.05, 0.1) is 40.5 Å². The molecule has 0 radical (unpaired) electrons. The van der Waals surface area contributed by atoms with Crippen LogP contribution in [-0.4, -0.2) is 67.5 Å². The number of hydrogen-bond acceptors (Lipinski definition) is 8. The smallest absolute Gasteiger partial charge is 0.296 e. The Labute approximate surface area is 192 Å². The number of aliphatic hydroxyl groups is 1. The molecule has 5 rings (SSSR count). The molecule has 0 bridgehead atoms. The molecular weight excluding hydrogens is 492 g/mol. The third kappa shape index (κ3) is 4.51. The maximum Gasteiger partial charge on any atom is 0.296 e. The lowest BCUT2D eigenvalue weighted by atomic mass is 10.1. The number of hydrogen-bond donors (Lipinski definition) is 3. The van der Waals surface area contributed by atoms with Gasteiger partial charge in [-0.2, -0.15) is 10.1 Å². The number of H-pyrrole nitrogens is 1. The van der Waals surface area contributed by atoms with E-state index in [1.54, 1.807) is 10.7 Å². The number of aryl methyl sites for hydroxylation is 1. The van der Waals surface area contributed by atoms with E-state index < -0.39 is 6.10 Å². The van der Waals surface area contributed by atoms with Crippen LogP contribution in [0.1, 0.15) is 19.5 Å². The fraction of sp³-hybridized carbons (Fsp3) is 0.526. The molecule has 5 heterocycles. The second-order valence-electron chi connectivity index (χ2n) is 7.00. The SMILES string of the molecule is CC.Cn1cc(Br)c(CNc2nc3nc(O[C@@H]4CO[C@H]5[C@@H]4OC[C@H]5O)[nH]c3cc2Cl)n1. The van der Waals surface area contributed by atoms with Crippen LogP contribution in [0.2, 0.25) is 5.02 Å². The third-order valence-electron chi connectivity index (χ3n) is 4.93. The van der Waals surface area contributed by atoms with E-state index in [2.05, 4.69) is 41.3 Å². The van der Waals surface area contributed by atoms with Crippen LogP contribution in [0.3, 0.4) is 0 Å². The van der Waals surface area contributed by atoms with Gasteiger partial charge in [0.15, 0.2) is 11.8 Å². The summed E-state index contributed by atoms with van der Waals surface area (Å²) in [7, 11) is 1.85. The first-order chi connectivity index (χ1) is 15.0. The standard InChI is InChI=1S/C17H18BrClN6O4.C2H6/c1-25-4-7(18)10(24-25)3-20-15-8(19)2-9-16(22-15)23-17(21-9)29-12-6-28-13-11(26)5-27-14(12)13;1-2/h2,4,11-14,26H,3,5-6H2,1H3,(H2,20,21,22,23);1-2H3/t11-,12-,13-,14-;/m1./s1. The van der Waals surface area contributed by atoms with Crippen LogP contribution in [0, 0.1) is 0 Å². The molecule has 2 saturated heterocycles. The molecule has 3 aromatic rings. The minimum atomic E-state index is -0.627. The number of pyridine rings is 1. The third-order valence-corrected chi connectivity index (χ3v) is 5.88. The Hall–Kier alpha value is -1.92. The summed E-state index contributed by atoms with van der Waals surface area (Å²) in [6.07, 6.45) is 0.212. The summed E-state index contributed by atoms with van der Waals surface area (Å²) in [5, 5.41) is 17.8. The molecule has 0 spiro atoms. The molecule has 168 valence electrons. The minimum absolute atomic E-state index is 0.244. The average molecular weight is 516 g/mol. The molecule has 0 saturated carbocycles. The molecule has 31 heavy (non-hydrogen) atoms. The van der Waals surface area contributed by atoms with Crippen molar-refractivity contribution in [2.24, 2.45) is 7.05 Å². The Kier molecular flexibility index (Phi) is 6.68. The lowest BCUT2D eigenvalue weighted by Crippen LogP contribution is -2.34. The molecule has 2 fully saturated rings. The van der Waals surface area contributed by atoms with Gasteiger partial charge in [0.2, 0.25) is 0 Å². The summed E-state index contributed by atoms with van der Waals surface area (Å²) >= 11 is 9.83. The molecule has 2 aliphatic heterocycles. The lowest BCUT2D eigenvalue weighted by molar-refractivity contribution is 0.00706. The number of rotatable bonds is 5. The van der Waals surface area contributed by atoms with Gasteiger partial charge in [-0.3, -0.25) is 4.68 Å². The van der Waals surface area contributed by atoms with E-state index in [1.807, 2.05) is 27.1 Å². The molecule has 3 N–H and O–H groups in total. The largest absolute Gasteiger partial charge is 0.456 e. The molecule has 3 aromatic heterocycles. The summed E-state index contributed by atoms with van der Waals surface area (Å²) in [5.74, 6) is 0.501. The lowest BCUT2D eigenvalue weighted by Gasteiger charge is -2.15.